The van der Waals surface area contributed by atoms with Crippen LogP contribution in [0.25, 0.3) is 0 Å². The zero-order valence-corrected chi connectivity index (χ0v) is 24.2. The monoisotopic (exact) mass is 583 g/mol. The molecule has 2 aromatic carbocycles. The molecule has 10 heteroatoms. The number of ether oxygens (including phenoxy) is 3. The first-order valence-corrected chi connectivity index (χ1v) is 15.4. The molecule has 4 aliphatic rings. The van der Waals surface area contributed by atoms with Gasteiger partial charge in [0.05, 0.1) is 25.4 Å². The number of nitrogens with one attached hydrogen (secondary N) is 2. The SMILES string of the molecule is O=C1CCNC(=O)c2cc(OCC3CC3)cc(c2)Oc2cccc(c2)CO[C@@H]2CCN(c3cc(C4CC4)ncn3)C[C@@H]2N1. The highest BCUT2D eigenvalue weighted by molar-refractivity contribution is 5.95. The van der Waals surface area contributed by atoms with Crippen molar-refractivity contribution in [2.24, 2.45) is 5.92 Å². The predicted octanol–water partition coefficient (Wildman–Crippen LogP) is 4.35. The second-order valence-electron chi connectivity index (χ2n) is 12.0. The van der Waals surface area contributed by atoms with Gasteiger partial charge in [-0.1, -0.05) is 12.1 Å². The number of piperidine rings is 1. The van der Waals surface area contributed by atoms with E-state index in [9.17, 15) is 9.59 Å². The highest BCUT2D eigenvalue weighted by Gasteiger charge is 2.33. The molecular weight excluding hydrogens is 546 g/mol. The van der Waals surface area contributed by atoms with E-state index in [2.05, 4.69) is 31.6 Å². The molecule has 2 saturated carbocycles. The molecule has 10 nitrogen and oxygen atoms in total. The maximum absolute atomic E-state index is 13.1. The van der Waals surface area contributed by atoms with Crippen LogP contribution in [0.1, 0.15) is 66.1 Å². The standard InChI is InChI=1S/C33H37N5O5/c39-32-8-10-34-33(40)24-13-26(41-18-21-4-5-21)15-27(14-24)43-25-3-1-2-22(12-25)19-42-30-9-11-38(17-29(30)37-32)31-16-28(23-6-7-23)35-20-36-31/h1-3,12-16,20-21,23,29-30H,4-11,17-19H2,(H,34,40)(H,37,39)/t29-,30+/m0/s1. The minimum atomic E-state index is -0.284. The van der Waals surface area contributed by atoms with Gasteiger partial charge in [-0.25, -0.2) is 9.97 Å². The maximum atomic E-state index is 13.1. The summed E-state index contributed by atoms with van der Waals surface area (Å²) in [5.41, 5.74) is 2.47. The molecule has 3 fully saturated rings. The molecule has 2 amide bonds. The summed E-state index contributed by atoms with van der Waals surface area (Å²) in [6.45, 7) is 2.54. The largest absolute Gasteiger partial charge is 0.493 e. The Bertz CT molecular complexity index is 1490. The number of benzene rings is 2. The van der Waals surface area contributed by atoms with E-state index in [1.54, 1.807) is 18.5 Å². The summed E-state index contributed by atoms with van der Waals surface area (Å²) in [4.78, 5) is 37.4. The summed E-state index contributed by atoms with van der Waals surface area (Å²) in [6.07, 6.45) is 7.03. The van der Waals surface area contributed by atoms with Gasteiger partial charge in [0, 0.05) is 55.4 Å². The van der Waals surface area contributed by atoms with Crippen LogP contribution >= 0.6 is 0 Å². The fraction of sp³-hybridized carbons (Fsp3) is 0.455. The third-order valence-corrected chi connectivity index (χ3v) is 8.45. The van der Waals surface area contributed by atoms with Crippen molar-refractivity contribution in [1.82, 2.24) is 20.6 Å². The number of fused-ring (bicyclic) bond motifs is 5. The topological polar surface area (TPSA) is 115 Å². The molecule has 7 rings (SSSR count). The smallest absolute Gasteiger partial charge is 0.251 e. The molecule has 43 heavy (non-hydrogen) atoms. The van der Waals surface area contributed by atoms with Crippen LogP contribution in [0.4, 0.5) is 5.82 Å². The number of rotatable bonds is 5. The third kappa shape index (κ3) is 7.07. The lowest BCUT2D eigenvalue weighted by molar-refractivity contribution is -0.123. The van der Waals surface area contributed by atoms with Crippen LogP contribution in [0, 0.1) is 5.92 Å². The molecule has 1 aromatic heterocycles. The molecule has 2 aliphatic carbocycles. The molecule has 224 valence electrons. The highest BCUT2D eigenvalue weighted by Crippen LogP contribution is 2.39. The molecule has 2 N–H and O–H groups in total. The molecular formula is C33H37N5O5. The van der Waals surface area contributed by atoms with Crippen molar-refractivity contribution < 1.29 is 23.8 Å². The van der Waals surface area contributed by atoms with E-state index >= 15 is 0 Å². The van der Waals surface area contributed by atoms with Gasteiger partial charge in [0.2, 0.25) is 5.91 Å². The molecule has 1 saturated heterocycles. The Morgan fingerprint density at radius 1 is 0.977 bits per heavy atom. The van der Waals surface area contributed by atoms with E-state index in [1.165, 1.54) is 25.7 Å². The van der Waals surface area contributed by atoms with Gasteiger partial charge in [0.1, 0.15) is 29.4 Å². The number of hydrogen-bond acceptors (Lipinski definition) is 8. The fourth-order valence-electron chi connectivity index (χ4n) is 5.67. The highest BCUT2D eigenvalue weighted by atomic mass is 16.5. The molecule has 2 aliphatic heterocycles. The van der Waals surface area contributed by atoms with Gasteiger partial charge < -0.3 is 29.7 Å². The zero-order valence-electron chi connectivity index (χ0n) is 24.2. The number of hydrogen-bond donors (Lipinski definition) is 2. The average molecular weight is 584 g/mol. The van der Waals surface area contributed by atoms with Crippen molar-refractivity contribution in [1.29, 1.82) is 0 Å². The van der Waals surface area contributed by atoms with Gasteiger partial charge in [-0.2, -0.15) is 0 Å². The van der Waals surface area contributed by atoms with Crippen LogP contribution in [-0.4, -0.2) is 60.2 Å². The maximum Gasteiger partial charge on any atom is 0.251 e. The Balaban J connectivity index is 1.10. The minimum absolute atomic E-state index is 0.140. The Morgan fingerprint density at radius 2 is 1.88 bits per heavy atom. The number of amides is 2. The quantitative estimate of drug-likeness (QED) is 0.456. The van der Waals surface area contributed by atoms with Crippen LogP contribution in [0.15, 0.2) is 54.9 Å². The van der Waals surface area contributed by atoms with Gasteiger partial charge in [-0.3, -0.25) is 9.59 Å². The molecule has 4 bridgehead atoms. The average Bonchev–Trinajstić information content (AvgIpc) is 3.94. The van der Waals surface area contributed by atoms with Gasteiger partial charge in [0.15, 0.2) is 0 Å². The molecule has 0 radical (unpaired) electrons. The van der Waals surface area contributed by atoms with E-state index in [1.807, 2.05) is 30.3 Å². The summed E-state index contributed by atoms with van der Waals surface area (Å²) in [5, 5.41) is 6.07. The van der Waals surface area contributed by atoms with Crippen molar-refractivity contribution in [2.45, 2.75) is 63.2 Å². The Morgan fingerprint density at radius 3 is 2.74 bits per heavy atom. The molecule has 3 heterocycles. The Labute approximate surface area is 251 Å². The number of aromatic nitrogens is 2. The fourth-order valence-corrected chi connectivity index (χ4v) is 5.67. The van der Waals surface area contributed by atoms with Gasteiger partial charge >= 0.3 is 0 Å². The molecule has 3 aromatic rings. The normalized spacial score (nSPS) is 22.8. The Kier molecular flexibility index (Phi) is 7.84. The van der Waals surface area contributed by atoms with Crippen LogP contribution in [0.3, 0.4) is 0 Å². The van der Waals surface area contributed by atoms with Crippen LogP contribution in [0.2, 0.25) is 0 Å². The second-order valence-corrected chi connectivity index (χ2v) is 12.0. The second kappa shape index (κ2) is 12.2. The van der Waals surface area contributed by atoms with Crippen molar-refractivity contribution in [2.75, 3.05) is 31.1 Å². The van der Waals surface area contributed by atoms with E-state index in [-0.39, 0.29) is 36.9 Å². The summed E-state index contributed by atoms with van der Waals surface area (Å²) >= 11 is 0. The zero-order chi connectivity index (χ0) is 29.2. The first-order valence-electron chi connectivity index (χ1n) is 15.4. The lowest BCUT2D eigenvalue weighted by atomic mass is 10.0. The van der Waals surface area contributed by atoms with E-state index < -0.39 is 0 Å². The van der Waals surface area contributed by atoms with Crippen LogP contribution in [-0.2, 0) is 16.1 Å². The number of carbonyl (C=O) groups excluding carboxylic acids is 2. The number of carbonyl (C=O) groups is 2. The van der Waals surface area contributed by atoms with Gasteiger partial charge in [-0.05, 0) is 67.9 Å². The van der Waals surface area contributed by atoms with Crippen LogP contribution < -0.4 is 25.0 Å². The summed E-state index contributed by atoms with van der Waals surface area (Å²) in [7, 11) is 0. The Hall–Kier alpha value is -4.18. The minimum Gasteiger partial charge on any atom is -0.493 e. The number of nitrogens with zero attached hydrogens (tertiary/aromatic N) is 3. The van der Waals surface area contributed by atoms with Crippen molar-refractivity contribution in [3.05, 3.63) is 71.7 Å². The molecule has 2 atom stereocenters. The van der Waals surface area contributed by atoms with Crippen molar-refractivity contribution in [3.8, 4) is 17.2 Å². The van der Waals surface area contributed by atoms with Crippen LogP contribution in [0.5, 0.6) is 17.2 Å². The first kappa shape index (κ1) is 27.6. The predicted molar refractivity (Wildman–Crippen MR) is 159 cm³/mol. The third-order valence-electron chi connectivity index (χ3n) is 8.45. The summed E-state index contributed by atoms with van der Waals surface area (Å²) in [5.74, 6) is 3.31. The van der Waals surface area contributed by atoms with Gasteiger partial charge in [0.25, 0.3) is 5.91 Å². The van der Waals surface area contributed by atoms with Gasteiger partial charge in [-0.15, -0.1) is 0 Å². The van der Waals surface area contributed by atoms with Crippen molar-refractivity contribution in [3.63, 3.8) is 0 Å². The van der Waals surface area contributed by atoms with E-state index in [4.69, 9.17) is 14.2 Å². The summed E-state index contributed by atoms with van der Waals surface area (Å²) in [6, 6.07) is 14.8. The van der Waals surface area contributed by atoms with E-state index in [0.717, 1.165) is 30.0 Å². The first-order chi connectivity index (χ1) is 21.1. The molecule has 0 spiro atoms. The number of anilines is 1. The lowest BCUT2D eigenvalue weighted by Crippen LogP contribution is -2.56. The summed E-state index contributed by atoms with van der Waals surface area (Å²) < 4.78 is 18.6. The van der Waals surface area contributed by atoms with E-state index in [0.29, 0.717) is 54.4 Å². The molecule has 0 unspecified atom stereocenters. The van der Waals surface area contributed by atoms with Crippen molar-refractivity contribution >= 4 is 17.6 Å². The lowest BCUT2D eigenvalue weighted by Gasteiger charge is -2.39.